The number of hydrogen-bond acceptors (Lipinski definition) is 5. The Balaban J connectivity index is 2.35. The molecule has 6 heteroatoms. The smallest absolute Gasteiger partial charge is 0.317 e. The maximum Gasteiger partial charge on any atom is 0.317 e. The number of nitrogens with zero attached hydrogens (tertiary/aromatic N) is 2. The number of aliphatic carboxylic acids is 1. The van der Waals surface area contributed by atoms with E-state index in [1.807, 2.05) is 11.8 Å². The molecule has 0 saturated carbocycles. The van der Waals surface area contributed by atoms with Gasteiger partial charge >= 0.3 is 5.97 Å². The second-order valence-electron chi connectivity index (χ2n) is 4.55. The monoisotopic (exact) mass is 262 g/mol. The Kier molecular flexibility index (Phi) is 6.26. The fourth-order valence-corrected chi connectivity index (χ4v) is 2.64. The molecule has 1 aliphatic rings. The molecule has 17 heavy (non-hydrogen) atoms. The summed E-state index contributed by atoms with van der Waals surface area (Å²) in [7, 11) is 1.76. The number of carboxylic acid groups (broad SMARTS) is 1. The van der Waals surface area contributed by atoms with Gasteiger partial charge in [-0.15, -0.1) is 0 Å². The van der Waals surface area contributed by atoms with Crippen molar-refractivity contribution in [3.63, 3.8) is 0 Å². The molecule has 0 radical (unpaired) electrons. The Hall–Kier alpha value is -0.300. The zero-order chi connectivity index (χ0) is 12.8. The van der Waals surface area contributed by atoms with Gasteiger partial charge in [0.05, 0.1) is 12.6 Å². The topological polar surface area (TPSA) is 64.0 Å². The van der Waals surface area contributed by atoms with Crippen LogP contribution >= 0.6 is 11.8 Å². The molecule has 1 aliphatic heterocycles. The lowest BCUT2D eigenvalue weighted by Gasteiger charge is -2.24. The highest BCUT2D eigenvalue weighted by Gasteiger charge is 2.34. The highest BCUT2D eigenvalue weighted by atomic mass is 32.2. The Morgan fingerprint density at radius 2 is 2.24 bits per heavy atom. The van der Waals surface area contributed by atoms with Crippen LogP contribution in [0.1, 0.15) is 6.42 Å². The van der Waals surface area contributed by atoms with Crippen LogP contribution in [0.2, 0.25) is 0 Å². The van der Waals surface area contributed by atoms with E-state index in [9.17, 15) is 9.90 Å². The Morgan fingerprint density at radius 1 is 1.53 bits per heavy atom. The zero-order valence-electron chi connectivity index (χ0n) is 10.5. The van der Waals surface area contributed by atoms with Gasteiger partial charge in [0, 0.05) is 19.1 Å². The average molecular weight is 262 g/mol. The van der Waals surface area contributed by atoms with Gasteiger partial charge in [0.25, 0.3) is 0 Å². The summed E-state index contributed by atoms with van der Waals surface area (Å²) in [6.07, 6.45) is 2.76. The number of carboxylic acids is 1. The molecule has 0 bridgehead atoms. The van der Waals surface area contributed by atoms with Crippen LogP contribution in [0.3, 0.4) is 0 Å². The molecule has 1 fully saturated rings. The van der Waals surface area contributed by atoms with Gasteiger partial charge < -0.3 is 10.2 Å². The van der Waals surface area contributed by atoms with E-state index in [-0.39, 0.29) is 12.6 Å². The van der Waals surface area contributed by atoms with Crippen LogP contribution in [-0.2, 0) is 4.79 Å². The number of β-amino-alcohol motifs (C(OH)–C–C–N with tert-alkyl or cyclic N) is 1. The van der Waals surface area contributed by atoms with E-state index in [0.717, 1.165) is 25.3 Å². The minimum absolute atomic E-state index is 0.0135. The third-order valence-electron chi connectivity index (χ3n) is 3.11. The van der Waals surface area contributed by atoms with Crippen molar-refractivity contribution in [2.45, 2.75) is 18.6 Å². The summed E-state index contributed by atoms with van der Waals surface area (Å²) in [5.74, 6) is 0.280. The van der Waals surface area contributed by atoms with Crippen LogP contribution in [0.4, 0.5) is 0 Å². The maximum absolute atomic E-state index is 10.6. The number of likely N-dealkylation sites (N-methyl/N-ethyl adjacent to an activating group) is 1. The third kappa shape index (κ3) is 4.83. The molecule has 1 saturated heterocycles. The van der Waals surface area contributed by atoms with Crippen molar-refractivity contribution in [3.8, 4) is 0 Å². The second kappa shape index (κ2) is 7.20. The average Bonchev–Trinajstić information content (AvgIpc) is 2.59. The Labute approximate surface area is 107 Å². The van der Waals surface area contributed by atoms with Crippen LogP contribution in [0.15, 0.2) is 0 Å². The van der Waals surface area contributed by atoms with Gasteiger partial charge in [0.15, 0.2) is 0 Å². The van der Waals surface area contributed by atoms with Crippen molar-refractivity contribution in [3.05, 3.63) is 0 Å². The number of hydrogen-bond donors (Lipinski definition) is 2. The minimum Gasteiger partial charge on any atom is -0.480 e. The highest BCUT2D eigenvalue weighted by molar-refractivity contribution is 7.98. The third-order valence-corrected chi connectivity index (χ3v) is 3.81. The molecule has 0 aromatic heterocycles. The molecule has 2 N–H and O–H groups in total. The summed E-state index contributed by atoms with van der Waals surface area (Å²) in [6, 6.07) is -0.0552. The molecule has 0 aliphatic carbocycles. The van der Waals surface area contributed by atoms with Gasteiger partial charge in [-0.1, -0.05) is 0 Å². The van der Waals surface area contributed by atoms with Gasteiger partial charge in [0.2, 0.25) is 0 Å². The van der Waals surface area contributed by atoms with Crippen molar-refractivity contribution in [1.29, 1.82) is 0 Å². The van der Waals surface area contributed by atoms with E-state index in [1.165, 1.54) is 0 Å². The van der Waals surface area contributed by atoms with Crippen molar-refractivity contribution in [2.75, 3.05) is 45.2 Å². The zero-order valence-corrected chi connectivity index (χ0v) is 11.3. The molecule has 0 unspecified atom stereocenters. The first-order chi connectivity index (χ1) is 8.04. The second-order valence-corrected chi connectivity index (χ2v) is 5.54. The Bertz CT molecular complexity index is 253. The summed E-state index contributed by atoms with van der Waals surface area (Å²) in [4.78, 5) is 14.6. The number of carbonyl (C=O) groups is 1. The van der Waals surface area contributed by atoms with Crippen molar-refractivity contribution < 1.29 is 15.0 Å². The standard InChI is InChI=1S/C11H22N2O3S/c1-12(8-11(15)16)9-6-13(7-10(9)14)4-3-5-17-2/h9-10,14H,3-8H2,1-2H3,(H,15,16)/t9-,10-/m1/s1. The quantitative estimate of drug-likeness (QED) is 0.620. The van der Waals surface area contributed by atoms with E-state index in [1.54, 1.807) is 11.9 Å². The molecule has 1 heterocycles. The lowest BCUT2D eigenvalue weighted by Crippen LogP contribution is -2.43. The Morgan fingerprint density at radius 3 is 2.82 bits per heavy atom. The molecule has 1 rings (SSSR count). The molecule has 0 spiro atoms. The van der Waals surface area contributed by atoms with Gasteiger partial charge in [-0.2, -0.15) is 11.8 Å². The molecule has 0 aromatic rings. The number of aliphatic hydroxyl groups is 1. The van der Waals surface area contributed by atoms with E-state index in [4.69, 9.17) is 5.11 Å². The lowest BCUT2D eigenvalue weighted by atomic mass is 10.2. The fourth-order valence-electron chi connectivity index (χ4n) is 2.23. The first kappa shape index (κ1) is 14.8. The van der Waals surface area contributed by atoms with Gasteiger partial charge in [-0.05, 0) is 32.0 Å². The number of thioether (sulfide) groups is 1. The van der Waals surface area contributed by atoms with E-state index >= 15 is 0 Å². The lowest BCUT2D eigenvalue weighted by molar-refractivity contribution is -0.138. The molecular formula is C11H22N2O3S. The molecule has 2 atom stereocenters. The SMILES string of the molecule is CSCCCN1C[C@@H](O)[C@H](N(C)CC(=O)O)C1. The molecular weight excluding hydrogens is 240 g/mol. The highest BCUT2D eigenvalue weighted by Crippen LogP contribution is 2.15. The van der Waals surface area contributed by atoms with E-state index in [0.29, 0.717) is 6.54 Å². The number of likely N-dealkylation sites (tertiary alicyclic amines) is 1. The van der Waals surface area contributed by atoms with Crippen LogP contribution in [0.25, 0.3) is 0 Å². The van der Waals surface area contributed by atoms with Crippen LogP contribution in [0.5, 0.6) is 0 Å². The van der Waals surface area contributed by atoms with Gasteiger partial charge in [0.1, 0.15) is 0 Å². The summed E-state index contributed by atoms with van der Waals surface area (Å²) >= 11 is 1.82. The van der Waals surface area contributed by atoms with Crippen molar-refractivity contribution >= 4 is 17.7 Å². The molecule has 0 aromatic carbocycles. The largest absolute Gasteiger partial charge is 0.480 e. The fraction of sp³-hybridized carbons (Fsp3) is 0.909. The van der Waals surface area contributed by atoms with Gasteiger partial charge in [-0.3, -0.25) is 14.6 Å². The first-order valence-electron chi connectivity index (χ1n) is 5.86. The number of aliphatic hydroxyl groups excluding tert-OH is 1. The van der Waals surface area contributed by atoms with Crippen molar-refractivity contribution in [2.24, 2.45) is 0 Å². The van der Waals surface area contributed by atoms with Gasteiger partial charge in [-0.25, -0.2) is 0 Å². The van der Waals surface area contributed by atoms with Crippen molar-refractivity contribution in [1.82, 2.24) is 9.80 Å². The minimum atomic E-state index is -0.847. The molecule has 5 nitrogen and oxygen atoms in total. The van der Waals surface area contributed by atoms with E-state index < -0.39 is 12.1 Å². The predicted octanol–water partition coefficient (Wildman–Crippen LogP) is -0.199. The summed E-state index contributed by atoms with van der Waals surface area (Å²) in [5, 5.41) is 18.6. The maximum atomic E-state index is 10.6. The van der Waals surface area contributed by atoms with Crippen LogP contribution in [-0.4, -0.2) is 83.4 Å². The molecule has 100 valence electrons. The van der Waals surface area contributed by atoms with Crippen LogP contribution in [0, 0.1) is 0 Å². The summed E-state index contributed by atoms with van der Waals surface area (Å²) < 4.78 is 0. The predicted molar refractivity (Wildman–Crippen MR) is 69.5 cm³/mol. The molecule has 0 amide bonds. The van der Waals surface area contributed by atoms with Crippen LogP contribution < -0.4 is 0 Å². The normalized spacial score (nSPS) is 25.6. The summed E-state index contributed by atoms with van der Waals surface area (Å²) in [6.45, 7) is 2.39. The summed E-state index contributed by atoms with van der Waals surface area (Å²) in [5.41, 5.74) is 0. The number of rotatable bonds is 7. The first-order valence-corrected chi connectivity index (χ1v) is 7.25. The van der Waals surface area contributed by atoms with E-state index in [2.05, 4.69) is 11.2 Å².